The van der Waals surface area contributed by atoms with Crippen molar-refractivity contribution in [1.82, 2.24) is 0 Å². The van der Waals surface area contributed by atoms with E-state index in [4.69, 9.17) is 0 Å². The molecule has 0 radical (unpaired) electrons. The first-order valence-electron chi connectivity index (χ1n) is 8.89. The molecule has 126 valence electrons. The summed E-state index contributed by atoms with van der Waals surface area (Å²) in [5, 5.41) is 0. The van der Waals surface area contributed by atoms with Crippen LogP contribution in [-0.2, 0) is 6.42 Å². The van der Waals surface area contributed by atoms with Crippen LogP contribution in [0.1, 0.15) is 36.5 Å². The van der Waals surface area contributed by atoms with Gasteiger partial charge < -0.3 is 0 Å². The second-order valence-electron chi connectivity index (χ2n) is 6.24. The predicted octanol–water partition coefficient (Wildman–Crippen LogP) is 7.01. The first-order chi connectivity index (χ1) is 12.3. The number of unbranched alkanes of at least 4 members (excludes halogenated alkanes) is 1. The van der Waals surface area contributed by atoms with Crippen molar-refractivity contribution in [3.63, 3.8) is 0 Å². The molecule has 0 bridgehead atoms. The van der Waals surface area contributed by atoms with Crippen LogP contribution in [0.2, 0.25) is 0 Å². The molecule has 0 aliphatic rings. The fourth-order valence-corrected chi connectivity index (χ4v) is 3.05. The average molecular weight is 330 g/mol. The van der Waals surface area contributed by atoms with E-state index in [0.717, 1.165) is 17.5 Å². The fraction of sp³-hybridized carbons (Fsp3) is 0.167. The summed E-state index contributed by atoms with van der Waals surface area (Å²) < 4.78 is 13.4. The number of aryl methyl sites for hydroxylation is 1. The summed E-state index contributed by atoms with van der Waals surface area (Å²) >= 11 is 0. The summed E-state index contributed by atoms with van der Waals surface area (Å²) in [4.78, 5) is 0. The van der Waals surface area contributed by atoms with Gasteiger partial charge in [0, 0.05) is 0 Å². The number of halogens is 1. The van der Waals surface area contributed by atoms with Gasteiger partial charge in [0.15, 0.2) is 0 Å². The maximum atomic E-state index is 13.4. The molecule has 3 aromatic carbocycles. The van der Waals surface area contributed by atoms with Crippen molar-refractivity contribution in [3.05, 3.63) is 95.3 Å². The van der Waals surface area contributed by atoms with Gasteiger partial charge in [0.2, 0.25) is 0 Å². The number of hydrogen-bond acceptors (Lipinski definition) is 0. The van der Waals surface area contributed by atoms with Crippen molar-refractivity contribution in [3.8, 4) is 11.1 Å². The molecule has 0 saturated carbocycles. The molecule has 0 spiro atoms. The van der Waals surface area contributed by atoms with Crippen molar-refractivity contribution in [2.75, 3.05) is 0 Å². The second kappa shape index (κ2) is 8.43. The highest BCUT2D eigenvalue weighted by Crippen LogP contribution is 2.29. The van der Waals surface area contributed by atoms with Gasteiger partial charge in [-0.1, -0.05) is 86.2 Å². The third-order valence-electron chi connectivity index (χ3n) is 4.37. The van der Waals surface area contributed by atoms with Crippen LogP contribution in [0.4, 0.5) is 4.39 Å². The Balaban J connectivity index is 1.97. The van der Waals surface area contributed by atoms with Gasteiger partial charge in [-0.05, 0) is 52.8 Å². The van der Waals surface area contributed by atoms with Gasteiger partial charge >= 0.3 is 0 Å². The van der Waals surface area contributed by atoms with Crippen molar-refractivity contribution in [2.24, 2.45) is 0 Å². The predicted molar refractivity (Wildman–Crippen MR) is 106 cm³/mol. The van der Waals surface area contributed by atoms with E-state index in [1.807, 2.05) is 18.2 Å². The van der Waals surface area contributed by atoms with E-state index in [1.165, 1.54) is 35.6 Å². The molecular formula is C24H23F. The van der Waals surface area contributed by atoms with Crippen LogP contribution in [0, 0.1) is 5.82 Å². The van der Waals surface area contributed by atoms with Gasteiger partial charge in [0.1, 0.15) is 5.82 Å². The summed E-state index contributed by atoms with van der Waals surface area (Å²) in [5.41, 5.74) is 5.91. The van der Waals surface area contributed by atoms with Crippen molar-refractivity contribution < 1.29 is 4.39 Å². The maximum absolute atomic E-state index is 13.4. The largest absolute Gasteiger partial charge is 0.207 e. The lowest BCUT2D eigenvalue weighted by molar-refractivity contribution is 0.627. The Labute approximate surface area is 149 Å². The smallest absolute Gasteiger partial charge is 0.123 e. The molecule has 0 atom stereocenters. The average Bonchev–Trinajstić information content (AvgIpc) is 2.65. The fourth-order valence-electron chi connectivity index (χ4n) is 3.05. The van der Waals surface area contributed by atoms with Crippen LogP contribution >= 0.6 is 0 Å². The van der Waals surface area contributed by atoms with E-state index in [1.54, 1.807) is 12.1 Å². The van der Waals surface area contributed by atoms with Crippen molar-refractivity contribution >= 4 is 12.2 Å². The zero-order valence-corrected chi connectivity index (χ0v) is 14.6. The van der Waals surface area contributed by atoms with Gasteiger partial charge in [0.05, 0.1) is 0 Å². The lowest BCUT2D eigenvalue weighted by atomic mass is 9.92. The zero-order valence-electron chi connectivity index (χ0n) is 14.6. The lowest BCUT2D eigenvalue weighted by Gasteiger charge is -2.12. The van der Waals surface area contributed by atoms with Gasteiger partial charge in [-0.2, -0.15) is 0 Å². The summed E-state index contributed by atoms with van der Waals surface area (Å²) in [6.07, 6.45) is 7.51. The van der Waals surface area contributed by atoms with Crippen LogP contribution in [-0.4, -0.2) is 0 Å². The summed E-state index contributed by atoms with van der Waals surface area (Å²) in [6, 6.07) is 23.7. The second-order valence-corrected chi connectivity index (χ2v) is 6.24. The molecule has 0 unspecified atom stereocenters. The molecule has 0 N–H and O–H groups in total. The van der Waals surface area contributed by atoms with E-state index in [0.29, 0.717) is 0 Å². The molecule has 0 aromatic heterocycles. The third kappa shape index (κ3) is 4.45. The molecule has 0 fully saturated rings. The summed E-state index contributed by atoms with van der Waals surface area (Å²) in [6.45, 7) is 2.22. The highest BCUT2D eigenvalue weighted by Gasteiger charge is 2.07. The van der Waals surface area contributed by atoms with E-state index in [-0.39, 0.29) is 5.82 Å². The van der Waals surface area contributed by atoms with Crippen molar-refractivity contribution in [2.45, 2.75) is 26.2 Å². The normalized spacial score (nSPS) is 11.1. The van der Waals surface area contributed by atoms with Crippen LogP contribution in [0.25, 0.3) is 23.3 Å². The minimum atomic E-state index is -0.208. The molecule has 0 saturated heterocycles. The Morgan fingerprint density at radius 1 is 0.800 bits per heavy atom. The Hall–Kier alpha value is -2.67. The molecule has 0 nitrogen and oxygen atoms in total. The molecule has 3 aromatic rings. The topological polar surface area (TPSA) is 0 Å². The van der Waals surface area contributed by atoms with Gasteiger partial charge in [-0.15, -0.1) is 0 Å². The maximum Gasteiger partial charge on any atom is 0.123 e. The van der Waals surface area contributed by atoms with Crippen LogP contribution in [0.5, 0.6) is 0 Å². The highest BCUT2D eigenvalue weighted by molar-refractivity contribution is 5.82. The minimum absolute atomic E-state index is 0.208. The molecule has 1 heteroatoms. The van der Waals surface area contributed by atoms with E-state index in [2.05, 4.69) is 55.5 Å². The first-order valence-corrected chi connectivity index (χ1v) is 8.89. The molecular weight excluding hydrogens is 307 g/mol. The van der Waals surface area contributed by atoms with Crippen LogP contribution in [0.15, 0.2) is 72.8 Å². The molecule has 0 amide bonds. The lowest BCUT2D eigenvalue weighted by Crippen LogP contribution is -1.92. The summed E-state index contributed by atoms with van der Waals surface area (Å²) in [5.74, 6) is -0.208. The number of rotatable bonds is 6. The third-order valence-corrected chi connectivity index (χ3v) is 4.37. The van der Waals surface area contributed by atoms with Crippen molar-refractivity contribution in [1.29, 1.82) is 0 Å². The number of benzene rings is 3. The molecule has 25 heavy (non-hydrogen) atoms. The molecule has 0 aliphatic heterocycles. The molecule has 0 heterocycles. The van der Waals surface area contributed by atoms with Crippen LogP contribution in [0.3, 0.4) is 0 Å². The van der Waals surface area contributed by atoms with Gasteiger partial charge in [-0.3, -0.25) is 0 Å². The van der Waals surface area contributed by atoms with E-state index < -0.39 is 0 Å². The Bertz CT molecular complexity index is 861. The van der Waals surface area contributed by atoms with E-state index >= 15 is 0 Å². The minimum Gasteiger partial charge on any atom is -0.207 e. The Morgan fingerprint density at radius 3 is 2.36 bits per heavy atom. The van der Waals surface area contributed by atoms with Gasteiger partial charge in [-0.25, -0.2) is 4.39 Å². The molecule has 3 rings (SSSR count). The SMILES string of the molecule is CCCCc1ccccc1-c1ccccc1/C=C/c1cccc(F)c1. The van der Waals surface area contributed by atoms with Gasteiger partial charge in [0.25, 0.3) is 0 Å². The van der Waals surface area contributed by atoms with Crippen LogP contribution < -0.4 is 0 Å². The monoisotopic (exact) mass is 330 g/mol. The molecule has 0 aliphatic carbocycles. The first kappa shape index (κ1) is 17.2. The summed E-state index contributed by atoms with van der Waals surface area (Å²) in [7, 11) is 0. The number of hydrogen-bond donors (Lipinski definition) is 0. The Kier molecular flexibility index (Phi) is 5.79. The standard InChI is InChI=1S/C24H23F/c1-2-3-10-20-11-4-6-14-23(20)24-15-7-5-12-21(24)17-16-19-9-8-13-22(25)18-19/h4-9,11-18H,2-3,10H2,1H3/b17-16+. The Morgan fingerprint density at radius 2 is 1.56 bits per heavy atom. The quantitative estimate of drug-likeness (QED) is 0.427. The van der Waals surface area contributed by atoms with E-state index in [9.17, 15) is 4.39 Å². The highest BCUT2D eigenvalue weighted by atomic mass is 19.1. The zero-order chi connectivity index (χ0) is 17.5.